The fraction of sp³-hybridized carbons (Fsp3) is 0.533. The van der Waals surface area contributed by atoms with Crippen molar-refractivity contribution in [3.8, 4) is 0 Å². The predicted octanol–water partition coefficient (Wildman–Crippen LogP) is 2.46. The molecule has 0 aliphatic carbocycles. The van der Waals surface area contributed by atoms with Gasteiger partial charge in [-0.2, -0.15) is 0 Å². The molecule has 0 unspecified atom stereocenters. The summed E-state index contributed by atoms with van der Waals surface area (Å²) in [4.78, 5) is 13.4. The molecule has 0 saturated heterocycles. The number of carbonyl (C=O) groups excluding carboxylic acids is 1. The smallest absolute Gasteiger partial charge is 0.410 e. The van der Waals surface area contributed by atoms with E-state index in [-0.39, 0.29) is 12.6 Å². The molecule has 0 spiro atoms. The molecule has 0 aromatic heterocycles. The monoisotopic (exact) mass is 265 g/mol. The zero-order valence-corrected chi connectivity index (χ0v) is 12.1. The summed E-state index contributed by atoms with van der Waals surface area (Å²) in [7, 11) is 1.65. The van der Waals surface area contributed by atoms with Crippen LogP contribution in [0.5, 0.6) is 0 Å². The van der Waals surface area contributed by atoms with Gasteiger partial charge < -0.3 is 14.7 Å². The van der Waals surface area contributed by atoms with Crippen molar-refractivity contribution in [3.05, 3.63) is 35.9 Å². The number of aliphatic hydroxyl groups is 1. The van der Waals surface area contributed by atoms with Gasteiger partial charge in [0, 0.05) is 7.05 Å². The highest BCUT2D eigenvalue weighted by Crippen LogP contribution is 2.13. The minimum absolute atomic E-state index is 0.0926. The first kappa shape index (κ1) is 15.5. The average Bonchev–Trinajstić information content (AvgIpc) is 2.34. The zero-order chi connectivity index (χ0) is 14.5. The van der Waals surface area contributed by atoms with Gasteiger partial charge in [-0.05, 0) is 32.8 Å². The highest BCUT2D eigenvalue weighted by Gasteiger charge is 2.24. The molecule has 0 fully saturated rings. The van der Waals surface area contributed by atoms with Gasteiger partial charge in [0.2, 0.25) is 0 Å². The van der Waals surface area contributed by atoms with Crippen molar-refractivity contribution in [3.63, 3.8) is 0 Å². The molecular formula is C15H23NO3. The molecule has 1 rings (SSSR count). The van der Waals surface area contributed by atoms with Gasteiger partial charge in [-0.25, -0.2) is 4.79 Å². The summed E-state index contributed by atoms with van der Waals surface area (Å²) in [6, 6.07) is 9.50. The van der Waals surface area contributed by atoms with E-state index in [0.717, 1.165) is 5.56 Å². The fourth-order valence-corrected chi connectivity index (χ4v) is 1.69. The van der Waals surface area contributed by atoms with Gasteiger partial charge in [0.15, 0.2) is 0 Å². The number of likely N-dealkylation sites (N-methyl/N-ethyl adjacent to an activating group) is 1. The van der Waals surface area contributed by atoms with Crippen LogP contribution in [0.15, 0.2) is 30.3 Å². The lowest BCUT2D eigenvalue weighted by Gasteiger charge is -2.29. The molecule has 19 heavy (non-hydrogen) atoms. The third-order valence-corrected chi connectivity index (χ3v) is 2.75. The highest BCUT2D eigenvalue weighted by atomic mass is 16.6. The van der Waals surface area contributed by atoms with Gasteiger partial charge in [-0.3, -0.25) is 0 Å². The van der Waals surface area contributed by atoms with Gasteiger partial charge in [0.25, 0.3) is 0 Å². The summed E-state index contributed by atoms with van der Waals surface area (Å²) in [5.74, 6) is 0. The molecular weight excluding hydrogens is 242 g/mol. The Morgan fingerprint density at radius 1 is 1.32 bits per heavy atom. The van der Waals surface area contributed by atoms with Crippen molar-refractivity contribution < 1.29 is 14.6 Å². The summed E-state index contributed by atoms with van der Waals surface area (Å²) in [6.07, 6.45) is 0.190. The normalized spacial score (nSPS) is 12.9. The molecule has 4 heteroatoms. The van der Waals surface area contributed by atoms with Crippen LogP contribution in [-0.2, 0) is 11.2 Å². The number of aliphatic hydroxyl groups excluding tert-OH is 1. The summed E-state index contributed by atoms with van der Waals surface area (Å²) >= 11 is 0. The van der Waals surface area contributed by atoms with Gasteiger partial charge in [-0.1, -0.05) is 30.3 Å². The molecule has 1 aromatic carbocycles. The Balaban J connectivity index is 2.66. The molecule has 1 amide bonds. The first-order chi connectivity index (χ1) is 8.83. The minimum Gasteiger partial charge on any atom is -0.444 e. The van der Waals surface area contributed by atoms with Crippen molar-refractivity contribution in [1.29, 1.82) is 0 Å². The highest BCUT2D eigenvalue weighted by molar-refractivity contribution is 5.68. The van der Waals surface area contributed by atoms with E-state index < -0.39 is 11.7 Å². The Morgan fingerprint density at radius 3 is 2.37 bits per heavy atom. The molecule has 0 aliphatic heterocycles. The third-order valence-electron chi connectivity index (χ3n) is 2.75. The SMILES string of the molecule is CN(C(=O)OC(C)(C)C)[C@@H](CO)Cc1ccccc1. The minimum atomic E-state index is -0.530. The van der Waals surface area contributed by atoms with E-state index in [0.29, 0.717) is 6.42 Å². The standard InChI is InChI=1S/C15H23NO3/c1-15(2,3)19-14(18)16(4)13(11-17)10-12-8-6-5-7-9-12/h5-9,13,17H,10-11H2,1-4H3/t13-/m1/s1. The molecule has 1 aromatic rings. The molecule has 1 N–H and O–H groups in total. The molecule has 1 atom stereocenters. The number of nitrogens with zero attached hydrogens (tertiary/aromatic N) is 1. The number of amides is 1. The number of benzene rings is 1. The number of hydrogen-bond acceptors (Lipinski definition) is 3. The molecule has 0 bridgehead atoms. The van der Waals surface area contributed by atoms with E-state index in [2.05, 4.69) is 0 Å². The second-order valence-electron chi connectivity index (χ2n) is 5.62. The van der Waals surface area contributed by atoms with Crippen molar-refractivity contribution in [2.24, 2.45) is 0 Å². The Morgan fingerprint density at radius 2 is 1.89 bits per heavy atom. The van der Waals surface area contributed by atoms with Gasteiger partial charge in [-0.15, -0.1) is 0 Å². The lowest BCUT2D eigenvalue weighted by molar-refractivity contribution is 0.0163. The molecule has 4 nitrogen and oxygen atoms in total. The maximum absolute atomic E-state index is 11.9. The fourth-order valence-electron chi connectivity index (χ4n) is 1.69. The summed E-state index contributed by atoms with van der Waals surface area (Å²) in [6.45, 7) is 5.38. The average molecular weight is 265 g/mol. The van der Waals surface area contributed by atoms with Crippen LogP contribution in [0.2, 0.25) is 0 Å². The van der Waals surface area contributed by atoms with Crippen LogP contribution >= 0.6 is 0 Å². The number of carbonyl (C=O) groups is 1. The van der Waals surface area contributed by atoms with E-state index in [1.165, 1.54) is 4.90 Å². The molecule has 0 saturated carbocycles. The summed E-state index contributed by atoms with van der Waals surface area (Å²) in [5.41, 5.74) is 0.551. The summed E-state index contributed by atoms with van der Waals surface area (Å²) in [5, 5.41) is 9.46. The molecule has 106 valence electrons. The van der Waals surface area contributed by atoms with Crippen LogP contribution in [0.1, 0.15) is 26.3 Å². The lowest BCUT2D eigenvalue weighted by Crippen LogP contribution is -2.43. The Bertz CT molecular complexity index is 398. The zero-order valence-electron chi connectivity index (χ0n) is 12.1. The molecule has 0 heterocycles. The Kier molecular flexibility index (Phi) is 5.36. The first-order valence-corrected chi connectivity index (χ1v) is 6.44. The second kappa shape index (κ2) is 6.57. The van der Waals surface area contributed by atoms with Crippen LogP contribution in [0.3, 0.4) is 0 Å². The van der Waals surface area contributed by atoms with E-state index in [1.807, 2.05) is 51.1 Å². The molecule has 0 aliphatic rings. The van der Waals surface area contributed by atoms with E-state index in [1.54, 1.807) is 7.05 Å². The number of rotatable bonds is 4. The van der Waals surface area contributed by atoms with Crippen LogP contribution in [0.25, 0.3) is 0 Å². The summed E-state index contributed by atoms with van der Waals surface area (Å²) < 4.78 is 5.30. The van der Waals surface area contributed by atoms with Crippen molar-refractivity contribution >= 4 is 6.09 Å². The van der Waals surface area contributed by atoms with Crippen LogP contribution in [0, 0.1) is 0 Å². The van der Waals surface area contributed by atoms with Crippen LogP contribution < -0.4 is 0 Å². The number of ether oxygens (including phenoxy) is 1. The van der Waals surface area contributed by atoms with Crippen molar-refractivity contribution in [2.45, 2.75) is 38.8 Å². The Hall–Kier alpha value is -1.55. The third kappa shape index (κ3) is 5.30. The molecule has 0 radical (unpaired) electrons. The van der Waals surface area contributed by atoms with Crippen LogP contribution in [0.4, 0.5) is 4.79 Å². The lowest BCUT2D eigenvalue weighted by atomic mass is 10.1. The quantitative estimate of drug-likeness (QED) is 0.909. The first-order valence-electron chi connectivity index (χ1n) is 6.44. The van der Waals surface area contributed by atoms with Gasteiger partial charge in [0.1, 0.15) is 5.60 Å². The van der Waals surface area contributed by atoms with E-state index in [4.69, 9.17) is 4.74 Å². The topological polar surface area (TPSA) is 49.8 Å². The van der Waals surface area contributed by atoms with Crippen molar-refractivity contribution in [1.82, 2.24) is 4.90 Å². The van der Waals surface area contributed by atoms with Gasteiger partial charge in [0.05, 0.1) is 12.6 Å². The maximum Gasteiger partial charge on any atom is 0.410 e. The number of hydrogen-bond donors (Lipinski definition) is 1. The van der Waals surface area contributed by atoms with E-state index >= 15 is 0 Å². The van der Waals surface area contributed by atoms with Gasteiger partial charge >= 0.3 is 6.09 Å². The van der Waals surface area contributed by atoms with E-state index in [9.17, 15) is 9.90 Å². The predicted molar refractivity (Wildman–Crippen MR) is 75.0 cm³/mol. The maximum atomic E-state index is 11.9. The Labute approximate surface area is 115 Å². The second-order valence-corrected chi connectivity index (χ2v) is 5.62. The van der Waals surface area contributed by atoms with Crippen LogP contribution in [-0.4, -0.2) is 41.4 Å². The van der Waals surface area contributed by atoms with Crippen molar-refractivity contribution in [2.75, 3.05) is 13.7 Å². The largest absolute Gasteiger partial charge is 0.444 e.